The Balaban J connectivity index is 1.75. The van der Waals surface area contributed by atoms with E-state index in [-0.39, 0.29) is 24.7 Å². The highest BCUT2D eigenvalue weighted by atomic mass is 32.1. The summed E-state index contributed by atoms with van der Waals surface area (Å²) in [6.45, 7) is 5.72. The average Bonchev–Trinajstić information content (AvgIpc) is 2.78. The first-order valence-corrected chi connectivity index (χ1v) is 8.79. The van der Waals surface area contributed by atoms with Crippen LogP contribution in [-0.2, 0) is 9.59 Å². The fourth-order valence-corrected chi connectivity index (χ4v) is 3.16. The van der Waals surface area contributed by atoms with Crippen molar-refractivity contribution in [2.45, 2.75) is 58.3 Å². The number of carbonyl (C=O) groups is 2. The molecule has 0 saturated carbocycles. The Labute approximate surface area is 135 Å². The summed E-state index contributed by atoms with van der Waals surface area (Å²) >= 11 is 1.38. The Morgan fingerprint density at radius 2 is 1.82 bits per heavy atom. The fourth-order valence-electron chi connectivity index (χ4n) is 2.40. The standard InChI is InChI=1S/C15H24N4O2S/c1-11(2)14-17-18-15(22-14)16-12(20)7-8-13(21)19-9-5-3-4-6-10-19/h11H,3-10H2,1-2H3,(H,16,18,20). The van der Waals surface area contributed by atoms with Crippen LogP contribution in [0.15, 0.2) is 0 Å². The molecule has 0 bridgehead atoms. The highest BCUT2D eigenvalue weighted by Gasteiger charge is 2.17. The number of likely N-dealkylation sites (tertiary alicyclic amines) is 1. The fraction of sp³-hybridized carbons (Fsp3) is 0.733. The van der Waals surface area contributed by atoms with Crippen molar-refractivity contribution in [1.82, 2.24) is 15.1 Å². The predicted octanol–water partition coefficient (Wildman–Crippen LogP) is 2.78. The van der Waals surface area contributed by atoms with Crippen LogP contribution in [0.3, 0.4) is 0 Å². The lowest BCUT2D eigenvalue weighted by Crippen LogP contribution is -2.32. The van der Waals surface area contributed by atoms with Gasteiger partial charge in [0.2, 0.25) is 16.9 Å². The van der Waals surface area contributed by atoms with Gasteiger partial charge in [0.15, 0.2) is 0 Å². The second-order valence-electron chi connectivity index (χ2n) is 5.94. The molecule has 1 fully saturated rings. The largest absolute Gasteiger partial charge is 0.343 e. The maximum absolute atomic E-state index is 12.1. The Bertz CT molecular complexity index is 507. The molecule has 2 rings (SSSR count). The van der Waals surface area contributed by atoms with Gasteiger partial charge in [-0.05, 0) is 12.8 Å². The van der Waals surface area contributed by atoms with Crippen LogP contribution in [0.1, 0.15) is 63.3 Å². The molecule has 0 atom stereocenters. The molecule has 2 heterocycles. The van der Waals surface area contributed by atoms with Gasteiger partial charge in [0.05, 0.1) is 0 Å². The molecule has 1 aliphatic rings. The lowest BCUT2D eigenvalue weighted by Gasteiger charge is -2.19. The summed E-state index contributed by atoms with van der Waals surface area (Å²) in [5, 5.41) is 12.1. The first-order valence-electron chi connectivity index (χ1n) is 7.97. The third-order valence-electron chi connectivity index (χ3n) is 3.71. The first kappa shape index (κ1) is 16.9. The summed E-state index contributed by atoms with van der Waals surface area (Å²) in [6, 6.07) is 0. The molecule has 1 aromatic heterocycles. The van der Waals surface area contributed by atoms with Gasteiger partial charge >= 0.3 is 0 Å². The minimum atomic E-state index is -0.172. The number of anilines is 1. The SMILES string of the molecule is CC(C)c1nnc(NC(=O)CCC(=O)N2CCCCCC2)s1. The summed E-state index contributed by atoms with van der Waals surface area (Å²) in [6.07, 6.45) is 4.99. The van der Waals surface area contributed by atoms with Crippen LogP contribution in [0.5, 0.6) is 0 Å². The minimum absolute atomic E-state index is 0.0807. The maximum Gasteiger partial charge on any atom is 0.226 e. The van der Waals surface area contributed by atoms with Crippen molar-refractivity contribution in [3.63, 3.8) is 0 Å². The van der Waals surface area contributed by atoms with Crippen molar-refractivity contribution >= 4 is 28.3 Å². The van der Waals surface area contributed by atoms with Gasteiger partial charge in [-0.15, -0.1) is 10.2 Å². The van der Waals surface area contributed by atoms with E-state index in [9.17, 15) is 9.59 Å². The van der Waals surface area contributed by atoms with Gasteiger partial charge < -0.3 is 10.2 Å². The van der Waals surface area contributed by atoms with Crippen LogP contribution >= 0.6 is 11.3 Å². The number of hydrogen-bond donors (Lipinski definition) is 1. The topological polar surface area (TPSA) is 75.2 Å². The van der Waals surface area contributed by atoms with Crippen molar-refractivity contribution < 1.29 is 9.59 Å². The monoisotopic (exact) mass is 324 g/mol. The molecular formula is C15H24N4O2S. The Morgan fingerprint density at radius 1 is 1.14 bits per heavy atom. The Hall–Kier alpha value is -1.50. The molecule has 1 N–H and O–H groups in total. The van der Waals surface area contributed by atoms with Gasteiger partial charge in [-0.1, -0.05) is 38.0 Å². The van der Waals surface area contributed by atoms with Crippen molar-refractivity contribution in [2.75, 3.05) is 18.4 Å². The van der Waals surface area contributed by atoms with E-state index in [0.717, 1.165) is 30.9 Å². The van der Waals surface area contributed by atoms with E-state index < -0.39 is 0 Å². The predicted molar refractivity (Wildman–Crippen MR) is 86.9 cm³/mol. The molecule has 0 unspecified atom stereocenters. The average molecular weight is 324 g/mol. The second kappa shape index (κ2) is 8.22. The van der Waals surface area contributed by atoms with Gasteiger partial charge in [-0.3, -0.25) is 9.59 Å². The molecular weight excluding hydrogens is 300 g/mol. The third kappa shape index (κ3) is 5.05. The molecule has 7 heteroatoms. The number of carbonyl (C=O) groups excluding carboxylic acids is 2. The van der Waals surface area contributed by atoms with Gasteiger partial charge in [0.1, 0.15) is 5.01 Å². The van der Waals surface area contributed by atoms with Gasteiger partial charge in [0, 0.05) is 31.8 Å². The molecule has 22 heavy (non-hydrogen) atoms. The molecule has 1 aromatic rings. The van der Waals surface area contributed by atoms with Crippen molar-refractivity contribution in [2.24, 2.45) is 0 Å². The van der Waals surface area contributed by atoms with E-state index in [4.69, 9.17) is 0 Å². The van der Waals surface area contributed by atoms with Crippen molar-refractivity contribution in [3.05, 3.63) is 5.01 Å². The highest BCUT2D eigenvalue weighted by Crippen LogP contribution is 2.22. The van der Waals surface area contributed by atoms with E-state index in [1.54, 1.807) is 0 Å². The summed E-state index contributed by atoms with van der Waals surface area (Å²) < 4.78 is 0. The normalized spacial score (nSPS) is 15.7. The van der Waals surface area contributed by atoms with Crippen molar-refractivity contribution in [3.8, 4) is 0 Å². The van der Waals surface area contributed by atoms with Crippen molar-refractivity contribution in [1.29, 1.82) is 0 Å². The molecule has 2 amide bonds. The summed E-state index contributed by atoms with van der Waals surface area (Å²) in [4.78, 5) is 25.9. The number of nitrogens with one attached hydrogen (secondary N) is 1. The lowest BCUT2D eigenvalue weighted by molar-refractivity contribution is -0.132. The number of hydrogen-bond acceptors (Lipinski definition) is 5. The van der Waals surface area contributed by atoms with Crippen LogP contribution < -0.4 is 5.32 Å². The summed E-state index contributed by atoms with van der Waals surface area (Å²) in [7, 11) is 0. The third-order valence-corrected chi connectivity index (χ3v) is 4.84. The number of rotatable bonds is 5. The smallest absolute Gasteiger partial charge is 0.226 e. The zero-order valence-corrected chi connectivity index (χ0v) is 14.1. The molecule has 1 saturated heterocycles. The van der Waals surface area contributed by atoms with Crippen LogP contribution in [0.2, 0.25) is 0 Å². The summed E-state index contributed by atoms with van der Waals surface area (Å²) in [5.74, 6) is 0.208. The number of amides is 2. The van der Waals surface area contributed by atoms with E-state index in [0.29, 0.717) is 11.0 Å². The van der Waals surface area contributed by atoms with E-state index in [1.165, 1.54) is 24.2 Å². The zero-order valence-electron chi connectivity index (χ0n) is 13.3. The molecule has 0 aromatic carbocycles. The molecule has 0 aliphatic carbocycles. The van der Waals surface area contributed by atoms with Crippen LogP contribution in [0, 0.1) is 0 Å². The molecule has 1 aliphatic heterocycles. The molecule has 0 spiro atoms. The highest BCUT2D eigenvalue weighted by molar-refractivity contribution is 7.15. The first-order chi connectivity index (χ1) is 10.6. The van der Waals surface area contributed by atoms with Gasteiger partial charge in [-0.25, -0.2) is 0 Å². The van der Waals surface area contributed by atoms with Crippen LogP contribution in [0.25, 0.3) is 0 Å². The second-order valence-corrected chi connectivity index (χ2v) is 6.95. The Morgan fingerprint density at radius 3 is 2.41 bits per heavy atom. The van der Waals surface area contributed by atoms with E-state index in [1.807, 2.05) is 18.7 Å². The lowest BCUT2D eigenvalue weighted by atomic mass is 10.2. The molecule has 0 radical (unpaired) electrons. The quantitative estimate of drug-likeness (QED) is 0.903. The van der Waals surface area contributed by atoms with E-state index >= 15 is 0 Å². The van der Waals surface area contributed by atoms with Crippen LogP contribution in [-0.4, -0.2) is 40.0 Å². The van der Waals surface area contributed by atoms with E-state index in [2.05, 4.69) is 15.5 Å². The molecule has 6 nitrogen and oxygen atoms in total. The minimum Gasteiger partial charge on any atom is -0.343 e. The molecule has 122 valence electrons. The van der Waals surface area contributed by atoms with Gasteiger partial charge in [-0.2, -0.15) is 0 Å². The Kier molecular flexibility index (Phi) is 6.30. The summed E-state index contributed by atoms with van der Waals surface area (Å²) in [5.41, 5.74) is 0. The number of aromatic nitrogens is 2. The maximum atomic E-state index is 12.1. The zero-order chi connectivity index (χ0) is 15.9. The van der Waals surface area contributed by atoms with Gasteiger partial charge in [0.25, 0.3) is 0 Å². The number of nitrogens with zero attached hydrogens (tertiary/aromatic N) is 3. The van der Waals surface area contributed by atoms with Crippen LogP contribution in [0.4, 0.5) is 5.13 Å².